The number of alkyl halides is 3. The molecule has 8 heteroatoms. The van der Waals surface area contributed by atoms with Crippen LogP contribution in [0.1, 0.15) is 36.5 Å². The van der Waals surface area contributed by atoms with Crippen LogP contribution < -0.4 is 15.0 Å². The summed E-state index contributed by atoms with van der Waals surface area (Å²) in [6, 6.07) is 15.7. The number of aromatic nitrogens is 1. The van der Waals surface area contributed by atoms with Crippen molar-refractivity contribution in [1.29, 1.82) is 5.26 Å². The molecule has 0 aliphatic carbocycles. The Morgan fingerprint density at radius 3 is 2.66 bits per heavy atom. The lowest BCUT2D eigenvalue weighted by Gasteiger charge is -2.40. The van der Waals surface area contributed by atoms with Gasteiger partial charge in [0.1, 0.15) is 6.07 Å². The summed E-state index contributed by atoms with van der Waals surface area (Å²) >= 11 is 0. The van der Waals surface area contributed by atoms with Gasteiger partial charge in [-0.1, -0.05) is 12.1 Å². The topological polar surface area (TPSA) is 61.2 Å². The molecule has 0 bridgehead atoms. The van der Waals surface area contributed by atoms with Crippen LogP contribution >= 0.6 is 0 Å². The zero-order valence-corrected chi connectivity index (χ0v) is 19.3. The minimum Gasteiger partial charge on any atom is -0.478 e. The molecule has 1 fully saturated rings. The number of hydrogen-bond acceptors (Lipinski definition) is 5. The lowest BCUT2D eigenvalue weighted by atomic mass is 9.74. The first-order valence-corrected chi connectivity index (χ1v) is 11.7. The Balaban J connectivity index is 1.37. The Labute approximate surface area is 202 Å². The normalized spacial score (nSPS) is 16.5. The molecule has 3 aromatic rings. The summed E-state index contributed by atoms with van der Waals surface area (Å²) in [6.45, 7) is 4.62. The maximum absolute atomic E-state index is 13.1. The zero-order valence-electron chi connectivity index (χ0n) is 19.3. The second-order valence-electron chi connectivity index (χ2n) is 9.01. The van der Waals surface area contributed by atoms with Crippen LogP contribution in [0.5, 0.6) is 5.88 Å². The number of pyridine rings is 1. The highest BCUT2D eigenvalue weighted by molar-refractivity contribution is 5.76. The Hall–Kier alpha value is -3.73. The van der Waals surface area contributed by atoms with Crippen molar-refractivity contribution in [1.82, 2.24) is 4.98 Å². The first-order valence-electron chi connectivity index (χ1n) is 11.7. The summed E-state index contributed by atoms with van der Waals surface area (Å²) < 4.78 is 44.9. The number of ether oxygens (including phenoxy) is 1. The van der Waals surface area contributed by atoms with Gasteiger partial charge in [-0.25, -0.2) is 4.98 Å². The molecule has 2 aliphatic heterocycles. The van der Waals surface area contributed by atoms with E-state index in [1.807, 2.05) is 30.0 Å². The van der Waals surface area contributed by atoms with E-state index in [0.717, 1.165) is 48.3 Å². The molecule has 0 radical (unpaired) electrons. The third-order valence-corrected chi connectivity index (χ3v) is 7.08. The molecule has 2 aliphatic rings. The van der Waals surface area contributed by atoms with E-state index < -0.39 is 11.7 Å². The van der Waals surface area contributed by atoms with E-state index in [-0.39, 0.29) is 11.0 Å². The second kappa shape index (κ2) is 8.81. The molecule has 1 saturated heterocycles. The Morgan fingerprint density at radius 2 is 1.94 bits per heavy atom. The van der Waals surface area contributed by atoms with Crippen molar-refractivity contribution in [2.24, 2.45) is 0 Å². The van der Waals surface area contributed by atoms with Crippen LogP contribution in [0.3, 0.4) is 0 Å². The average molecular weight is 479 g/mol. The van der Waals surface area contributed by atoms with Crippen molar-refractivity contribution in [2.75, 3.05) is 36.5 Å². The quantitative estimate of drug-likeness (QED) is 0.498. The maximum atomic E-state index is 13.1. The summed E-state index contributed by atoms with van der Waals surface area (Å²) in [6.07, 6.45) is -1.06. The summed E-state index contributed by atoms with van der Waals surface area (Å²) in [5.41, 5.74) is 4.12. The fourth-order valence-electron chi connectivity index (χ4n) is 5.24. The molecule has 5 rings (SSSR count). The molecular formula is C27H25F3N4O. The number of nitrogens with one attached hydrogen (secondary N) is 1. The predicted molar refractivity (Wildman–Crippen MR) is 129 cm³/mol. The number of fused-ring (bicyclic) bond motifs is 2. The smallest absolute Gasteiger partial charge is 0.416 e. The van der Waals surface area contributed by atoms with Gasteiger partial charge in [-0.2, -0.15) is 18.4 Å². The third-order valence-electron chi connectivity index (χ3n) is 7.08. The SMILES string of the molecule is CCOc1ncccc1-c1ccc2c(c1)NCC21CCN(c2ccc(C(F)(F)F)cc2C#N)CC1. The van der Waals surface area contributed by atoms with Gasteiger partial charge in [-0.15, -0.1) is 0 Å². The summed E-state index contributed by atoms with van der Waals surface area (Å²) in [7, 11) is 0. The van der Waals surface area contributed by atoms with E-state index in [9.17, 15) is 18.4 Å². The minimum absolute atomic E-state index is 0.0409. The van der Waals surface area contributed by atoms with Crippen LogP contribution in [0.15, 0.2) is 54.7 Å². The molecule has 0 atom stereocenters. The highest BCUT2D eigenvalue weighted by atomic mass is 19.4. The molecule has 1 spiro atoms. The summed E-state index contributed by atoms with van der Waals surface area (Å²) in [5, 5.41) is 13.0. The number of rotatable bonds is 4. The number of benzene rings is 2. The van der Waals surface area contributed by atoms with E-state index in [0.29, 0.717) is 31.3 Å². The number of nitriles is 1. The number of hydrogen-bond donors (Lipinski definition) is 1. The summed E-state index contributed by atoms with van der Waals surface area (Å²) in [4.78, 5) is 6.39. The fourth-order valence-corrected chi connectivity index (χ4v) is 5.24. The monoisotopic (exact) mass is 478 g/mol. The van der Waals surface area contributed by atoms with E-state index in [1.54, 1.807) is 6.20 Å². The Kier molecular flexibility index (Phi) is 5.79. The largest absolute Gasteiger partial charge is 0.478 e. The van der Waals surface area contributed by atoms with Crippen LogP contribution in [0.2, 0.25) is 0 Å². The zero-order chi connectivity index (χ0) is 24.6. The van der Waals surface area contributed by atoms with Gasteiger partial charge in [-0.05, 0) is 67.3 Å². The molecule has 0 saturated carbocycles. The Morgan fingerprint density at radius 1 is 1.14 bits per heavy atom. The standard InChI is InChI=1S/C27H25F3N4O/c1-2-35-25-21(4-3-11-32-25)18-5-7-22-23(15-18)33-17-26(22)9-12-34(13-10-26)24-8-6-20(27(28,29)30)14-19(24)16-31/h3-8,11,14-15,33H,2,9-10,12-13,17H2,1H3. The fraction of sp³-hybridized carbons (Fsp3) is 0.333. The van der Waals surface area contributed by atoms with Crippen molar-refractivity contribution in [3.05, 3.63) is 71.4 Å². The molecule has 0 amide bonds. The lowest BCUT2D eigenvalue weighted by molar-refractivity contribution is -0.137. The van der Waals surface area contributed by atoms with Gasteiger partial charge in [0.2, 0.25) is 5.88 Å². The molecule has 35 heavy (non-hydrogen) atoms. The van der Waals surface area contributed by atoms with Crippen LogP contribution in [0, 0.1) is 11.3 Å². The van der Waals surface area contributed by atoms with Gasteiger partial charge in [0, 0.05) is 42.5 Å². The van der Waals surface area contributed by atoms with Gasteiger partial charge < -0.3 is 15.0 Å². The van der Waals surface area contributed by atoms with E-state index in [2.05, 4.69) is 28.5 Å². The lowest BCUT2D eigenvalue weighted by Crippen LogP contribution is -2.44. The highest BCUT2D eigenvalue weighted by Crippen LogP contribution is 2.46. The number of halogens is 3. The molecule has 2 aromatic carbocycles. The van der Waals surface area contributed by atoms with Gasteiger partial charge in [0.05, 0.1) is 23.4 Å². The average Bonchev–Trinajstić information content (AvgIpc) is 3.21. The molecule has 1 aromatic heterocycles. The first-order chi connectivity index (χ1) is 16.8. The van der Waals surface area contributed by atoms with E-state index in [4.69, 9.17) is 4.74 Å². The minimum atomic E-state index is -4.46. The first kappa shape index (κ1) is 23.0. The third kappa shape index (κ3) is 4.16. The molecule has 0 unspecified atom stereocenters. The molecule has 1 N–H and O–H groups in total. The van der Waals surface area contributed by atoms with Crippen LogP contribution in [0.25, 0.3) is 11.1 Å². The van der Waals surface area contributed by atoms with E-state index in [1.165, 1.54) is 11.6 Å². The van der Waals surface area contributed by atoms with Crippen molar-refractivity contribution in [3.8, 4) is 23.1 Å². The van der Waals surface area contributed by atoms with Crippen LogP contribution in [-0.4, -0.2) is 31.2 Å². The molecule has 180 valence electrons. The van der Waals surface area contributed by atoms with E-state index >= 15 is 0 Å². The van der Waals surface area contributed by atoms with Gasteiger partial charge in [0.15, 0.2) is 0 Å². The number of nitrogens with zero attached hydrogens (tertiary/aromatic N) is 3. The van der Waals surface area contributed by atoms with Crippen molar-refractivity contribution >= 4 is 11.4 Å². The van der Waals surface area contributed by atoms with Gasteiger partial charge in [0.25, 0.3) is 0 Å². The van der Waals surface area contributed by atoms with Crippen LogP contribution in [-0.2, 0) is 11.6 Å². The highest BCUT2D eigenvalue weighted by Gasteiger charge is 2.42. The second-order valence-corrected chi connectivity index (χ2v) is 9.01. The predicted octanol–water partition coefficient (Wildman–Crippen LogP) is 6.00. The Bertz CT molecular complexity index is 1290. The van der Waals surface area contributed by atoms with Crippen molar-refractivity contribution in [2.45, 2.75) is 31.4 Å². The number of piperidine rings is 1. The number of anilines is 2. The summed E-state index contributed by atoms with van der Waals surface area (Å²) in [5.74, 6) is 0.612. The van der Waals surface area contributed by atoms with Crippen molar-refractivity contribution < 1.29 is 17.9 Å². The van der Waals surface area contributed by atoms with Crippen molar-refractivity contribution in [3.63, 3.8) is 0 Å². The maximum Gasteiger partial charge on any atom is 0.416 e. The van der Waals surface area contributed by atoms with Gasteiger partial charge >= 0.3 is 6.18 Å². The van der Waals surface area contributed by atoms with Gasteiger partial charge in [-0.3, -0.25) is 0 Å². The molecule has 3 heterocycles. The molecule has 5 nitrogen and oxygen atoms in total. The van der Waals surface area contributed by atoms with Crippen LogP contribution in [0.4, 0.5) is 24.5 Å². The molecular weight excluding hydrogens is 453 g/mol.